The van der Waals surface area contributed by atoms with Gasteiger partial charge in [-0.3, -0.25) is 14.9 Å². The maximum atomic E-state index is 13.5. The Morgan fingerprint density at radius 3 is 2.70 bits per heavy atom. The van der Waals surface area contributed by atoms with Crippen molar-refractivity contribution in [3.05, 3.63) is 71.1 Å². The van der Waals surface area contributed by atoms with Crippen LogP contribution in [0.2, 0.25) is 0 Å². The number of esters is 1. The largest absolute Gasteiger partial charge is 0.474 e. The Morgan fingerprint density at radius 2 is 2.00 bits per heavy atom. The van der Waals surface area contributed by atoms with Gasteiger partial charge >= 0.3 is 11.7 Å². The molecule has 2 aromatic carbocycles. The van der Waals surface area contributed by atoms with Crippen molar-refractivity contribution in [3.63, 3.8) is 0 Å². The van der Waals surface area contributed by atoms with Gasteiger partial charge in [-0.15, -0.1) is 0 Å². The van der Waals surface area contributed by atoms with Gasteiger partial charge < -0.3 is 9.47 Å². The molecule has 0 bridgehead atoms. The smallest absolute Gasteiger partial charge is 0.344 e. The summed E-state index contributed by atoms with van der Waals surface area (Å²) in [7, 11) is 0. The van der Waals surface area contributed by atoms with Gasteiger partial charge in [-0.2, -0.15) is 9.78 Å². The minimum Gasteiger partial charge on any atom is -0.474 e. The number of aromatic nitrogens is 2. The number of ether oxygens (including phenoxy) is 2. The minimum absolute atomic E-state index is 0.0892. The molecular formula is C25H24Br2N4O6. The predicted octanol–water partition coefficient (Wildman–Crippen LogP) is 5.70. The van der Waals surface area contributed by atoms with E-state index in [-0.39, 0.29) is 34.0 Å². The molecule has 0 unspecified atom stereocenters. The van der Waals surface area contributed by atoms with Crippen molar-refractivity contribution >= 4 is 60.6 Å². The zero-order valence-electron chi connectivity index (χ0n) is 20.0. The second kappa shape index (κ2) is 12.0. The van der Waals surface area contributed by atoms with Gasteiger partial charge in [0.15, 0.2) is 6.61 Å². The van der Waals surface area contributed by atoms with E-state index in [0.29, 0.717) is 22.3 Å². The number of nitro groups is 1. The van der Waals surface area contributed by atoms with Crippen molar-refractivity contribution in [3.8, 4) is 5.75 Å². The molecule has 0 saturated heterocycles. The molecule has 194 valence electrons. The molecule has 0 N–H and O–H groups in total. The van der Waals surface area contributed by atoms with Crippen molar-refractivity contribution in [1.29, 1.82) is 0 Å². The third-order valence-corrected chi connectivity index (χ3v) is 7.09. The fraction of sp³-hybridized carbons (Fsp3) is 0.360. The third kappa shape index (κ3) is 6.24. The number of nitrogens with zero attached hydrogens (tertiary/aromatic N) is 4. The Balaban J connectivity index is 1.75. The van der Waals surface area contributed by atoms with Gasteiger partial charge in [0, 0.05) is 22.0 Å². The number of rotatable bonds is 8. The van der Waals surface area contributed by atoms with Crippen LogP contribution in [0, 0.1) is 10.1 Å². The van der Waals surface area contributed by atoms with Crippen molar-refractivity contribution < 1.29 is 19.2 Å². The third-order valence-electron chi connectivity index (χ3n) is 6.01. The number of nitro benzene ring substituents is 1. The van der Waals surface area contributed by atoms with Crippen LogP contribution in [-0.2, 0) is 9.53 Å². The predicted molar refractivity (Wildman–Crippen MR) is 145 cm³/mol. The van der Waals surface area contributed by atoms with E-state index >= 15 is 0 Å². The lowest BCUT2D eigenvalue weighted by Gasteiger charge is -2.22. The fourth-order valence-electron chi connectivity index (χ4n) is 4.31. The van der Waals surface area contributed by atoms with Gasteiger partial charge in [0.05, 0.1) is 33.1 Å². The molecule has 4 rings (SSSR count). The highest BCUT2D eigenvalue weighted by Crippen LogP contribution is 2.36. The van der Waals surface area contributed by atoms with Gasteiger partial charge in [0.2, 0.25) is 5.75 Å². The lowest BCUT2D eigenvalue weighted by molar-refractivity contribution is -0.385. The lowest BCUT2D eigenvalue weighted by Crippen LogP contribution is -2.25. The maximum absolute atomic E-state index is 13.5. The maximum Gasteiger partial charge on any atom is 0.344 e. The first kappa shape index (κ1) is 26.9. The number of fused-ring (bicyclic) bond motifs is 1. The Labute approximate surface area is 229 Å². The van der Waals surface area contributed by atoms with Crippen LogP contribution in [-0.4, -0.2) is 40.0 Å². The zero-order chi connectivity index (χ0) is 26.5. The van der Waals surface area contributed by atoms with E-state index in [1.165, 1.54) is 17.0 Å². The summed E-state index contributed by atoms with van der Waals surface area (Å²) >= 11 is 6.69. The molecule has 0 amide bonds. The van der Waals surface area contributed by atoms with Crippen LogP contribution in [0.1, 0.15) is 56.3 Å². The molecule has 0 spiro atoms. The van der Waals surface area contributed by atoms with Crippen molar-refractivity contribution in [1.82, 2.24) is 9.66 Å². The molecule has 1 aromatic heterocycles. The highest BCUT2D eigenvalue weighted by Gasteiger charge is 2.24. The van der Waals surface area contributed by atoms with Gasteiger partial charge in [-0.25, -0.2) is 9.78 Å². The van der Waals surface area contributed by atoms with Crippen LogP contribution in [0.3, 0.4) is 0 Å². The standard InChI is InChI=1S/C25H24Br2N4O6/c1-2-36-22(32)14-37-23-19(27)10-15(11-21(23)31(34)35)13-28-30-24(16-6-4-3-5-7-16)29-20-9-8-17(26)12-18(20)25(30)33/h8-13,16H,2-7,14H2,1H3. The summed E-state index contributed by atoms with van der Waals surface area (Å²) < 4.78 is 12.5. The zero-order valence-corrected chi connectivity index (χ0v) is 23.2. The summed E-state index contributed by atoms with van der Waals surface area (Å²) in [6.45, 7) is 1.35. The Hall–Kier alpha value is -3.12. The molecule has 12 heteroatoms. The van der Waals surface area contributed by atoms with Crippen molar-refractivity contribution in [2.45, 2.75) is 44.9 Å². The molecule has 37 heavy (non-hydrogen) atoms. The van der Waals surface area contributed by atoms with Crippen LogP contribution in [0.5, 0.6) is 5.75 Å². The quantitative estimate of drug-likeness (QED) is 0.134. The SMILES string of the molecule is CCOC(=O)COc1c(Br)cc(C=Nn2c(C3CCCCC3)nc3ccc(Br)cc3c2=O)cc1[N+](=O)[O-]. The lowest BCUT2D eigenvalue weighted by atomic mass is 9.88. The second-order valence-corrected chi connectivity index (χ2v) is 10.3. The van der Waals surface area contributed by atoms with E-state index < -0.39 is 17.5 Å². The van der Waals surface area contributed by atoms with Gasteiger partial charge in [-0.1, -0.05) is 35.2 Å². The Morgan fingerprint density at radius 1 is 1.24 bits per heavy atom. The molecule has 3 aromatic rings. The summed E-state index contributed by atoms with van der Waals surface area (Å²) in [5, 5.41) is 16.6. The molecule has 1 saturated carbocycles. The number of benzene rings is 2. The molecule has 10 nitrogen and oxygen atoms in total. The highest BCUT2D eigenvalue weighted by atomic mass is 79.9. The number of halogens is 2. The number of hydrogen-bond donors (Lipinski definition) is 0. The van der Waals surface area contributed by atoms with Crippen LogP contribution in [0.25, 0.3) is 10.9 Å². The van der Waals surface area contributed by atoms with E-state index in [0.717, 1.165) is 36.6 Å². The first-order chi connectivity index (χ1) is 17.8. The highest BCUT2D eigenvalue weighted by molar-refractivity contribution is 9.10. The summed E-state index contributed by atoms with van der Waals surface area (Å²) in [5.74, 6) is -0.0722. The van der Waals surface area contributed by atoms with Crippen LogP contribution in [0.15, 0.2) is 49.2 Å². The molecular weight excluding hydrogens is 612 g/mol. The van der Waals surface area contributed by atoms with E-state index in [1.54, 1.807) is 25.1 Å². The van der Waals surface area contributed by atoms with E-state index in [4.69, 9.17) is 14.5 Å². The average Bonchev–Trinajstić information content (AvgIpc) is 2.88. The van der Waals surface area contributed by atoms with Gasteiger partial charge in [0.25, 0.3) is 5.56 Å². The summed E-state index contributed by atoms with van der Waals surface area (Å²) in [5.41, 5.74) is 0.284. The van der Waals surface area contributed by atoms with Crippen molar-refractivity contribution in [2.75, 3.05) is 13.2 Å². The molecule has 0 atom stereocenters. The number of carbonyl (C=O) groups is 1. The molecule has 0 radical (unpaired) electrons. The molecule has 1 heterocycles. The fourth-order valence-corrected chi connectivity index (χ4v) is 5.26. The average molecular weight is 636 g/mol. The van der Waals surface area contributed by atoms with Crippen LogP contribution < -0.4 is 10.3 Å². The summed E-state index contributed by atoms with van der Waals surface area (Å²) in [4.78, 5) is 41.0. The second-order valence-electron chi connectivity index (χ2n) is 8.53. The molecule has 1 fully saturated rings. The first-order valence-electron chi connectivity index (χ1n) is 11.8. The topological polar surface area (TPSA) is 126 Å². The van der Waals surface area contributed by atoms with E-state index in [9.17, 15) is 19.7 Å². The van der Waals surface area contributed by atoms with Gasteiger partial charge in [0.1, 0.15) is 5.82 Å². The monoisotopic (exact) mass is 634 g/mol. The first-order valence-corrected chi connectivity index (χ1v) is 13.4. The molecule has 0 aliphatic heterocycles. The minimum atomic E-state index is -0.639. The Kier molecular flexibility index (Phi) is 8.70. The summed E-state index contributed by atoms with van der Waals surface area (Å²) in [6.07, 6.45) is 6.45. The van der Waals surface area contributed by atoms with E-state index in [1.807, 2.05) is 6.07 Å². The molecule has 1 aliphatic carbocycles. The Bertz CT molecular complexity index is 1430. The number of carbonyl (C=O) groups excluding carboxylic acids is 1. The van der Waals surface area contributed by atoms with E-state index in [2.05, 4.69) is 37.0 Å². The van der Waals surface area contributed by atoms with Gasteiger partial charge in [-0.05, 0) is 60.0 Å². The van der Waals surface area contributed by atoms with Crippen LogP contribution >= 0.6 is 31.9 Å². The normalized spacial score (nSPS) is 14.2. The number of hydrogen-bond acceptors (Lipinski definition) is 8. The van der Waals surface area contributed by atoms with Crippen LogP contribution in [0.4, 0.5) is 5.69 Å². The van der Waals surface area contributed by atoms with Crippen molar-refractivity contribution in [2.24, 2.45) is 5.10 Å². The summed E-state index contributed by atoms with van der Waals surface area (Å²) in [6, 6.07) is 8.18. The molecule has 1 aliphatic rings.